The molecule has 2 aromatic carbocycles. The number of rotatable bonds is 6. The van der Waals surface area contributed by atoms with E-state index in [9.17, 15) is 9.59 Å². The van der Waals surface area contributed by atoms with Crippen LogP contribution in [0.2, 0.25) is 5.02 Å². The summed E-state index contributed by atoms with van der Waals surface area (Å²) in [7, 11) is 1.52. The number of esters is 1. The molecule has 2 heterocycles. The lowest BCUT2D eigenvalue weighted by molar-refractivity contribution is -0.140. The van der Waals surface area contributed by atoms with Gasteiger partial charge in [-0.1, -0.05) is 23.7 Å². The van der Waals surface area contributed by atoms with Crippen LogP contribution in [0.3, 0.4) is 0 Å². The highest BCUT2D eigenvalue weighted by atomic mass is 35.5. The molecule has 2 amide bonds. The van der Waals surface area contributed by atoms with Crippen molar-refractivity contribution in [1.29, 1.82) is 0 Å². The van der Waals surface area contributed by atoms with E-state index in [4.69, 9.17) is 30.5 Å². The van der Waals surface area contributed by atoms with Crippen LogP contribution in [0, 0.1) is 0 Å². The van der Waals surface area contributed by atoms with Gasteiger partial charge in [0.05, 0.1) is 23.9 Å². The lowest BCUT2D eigenvalue weighted by Crippen LogP contribution is -2.48. The van der Waals surface area contributed by atoms with E-state index in [0.29, 0.717) is 39.0 Å². The number of fused-ring (bicyclic) bond motifs is 1. The number of carbonyl (C=O) groups excluding carboxylic acids is 2. The Labute approximate surface area is 184 Å². The Bertz CT molecular complexity index is 1040. The van der Waals surface area contributed by atoms with Crippen molar-refractivity contribution in [3.8, 4) is 11.5 Å². The van der Waals surface area contributed by atoms with Gasteiger partial charge >= 0.3 is 12.0 Å². The molecule has 2 aliphatic heterocycles. The molecule has 0 fully saturated rings. The number of carbonyl (C=O) groups is 2. The highest BCUT2D eigenvalue weighted by molar-refractivity contribution is 6.30. The van der Waals surface area contributed by atoms with Crippen LogP contribution in [0.25, 0.3) is 0 Å². The van der Waals surface area contributed by atoms with Crippen molar-refractivity contribution in [3.05, 3.63) is 64.3 Å². The van der Waals surface area contributed by atoms with E-state index in [1.165, 1.54) is 12.0 Å². The van der Waals surface area contributed by atoms with Crippen molar-refractivity contribution >= 4 is 29.3 Å². The topological polar surface area (TPSA) is 86.3 Å². The average molecular weight is 445 g/mol. The fraction of sp³-hybridized carbons (Fsp3) is 0.273. The number of ether oxygens (including phenoxy) is 4. The van der Waals surface area contributed by atoms with Gasteiger partial charge in [0.15, 0.2) is 11.5 Å². The zero-order chi connectivity index (χ0) is 22.0. The third kappa shape index (κ3) is 4.17. The van der Waals surface area contributed by atoms with Crippen LogP contribution >= 0.6 is 11.6 Å². The minimum absolute atomic E-state index is 0.0947. The molecule has 8 nitrogen and oxygen atoms in total. The van der Waals surface area contributed by atoms with Gasteiger partial charge in [0, 0.05) is 23.9 Å². The summed E-state index contributed by atoms with van der Waals surface area (Å²) >= 11 is 6.01. The van der Waals surface area contributed by atoms with E-state index in [1.54, 1.807) is 49.4 Å². The van der Waals surface area contributed by atoms with Crippen molar-refractivity contribution in [2.45, 2.75) is 13.0 Å². The molecule has 31 heavy (non-hydrogen) atoms. The number of nitrogens with zero attached hydrogens (tertiary/aromatic N) is 1. The smallest absolute Gasteiger partial charge is 0.338 e. The first-order chi connectivity index (χ1) is 15.0. The second kappa shape index (κ2) is 8.87. The second-order valence-corrected chi connectivity index (χ2v) is 7.37. The molecule has 162 valence electrons. The predicted octanol–water partition coefficient (Wildman–Crippen LogP) is 3.80. The fourth-order valence-electron chi connectivity index (χ4n) is 3.54. The lowest BCUT2D eigenvalue weighted by atomic mass is 9.94. The third-order valence-electron chi connectivity index (χ3n) is 5.04. The Morgan fingerprint density at radius 3 is 2.65 bits per heavy atom. The van der Waals surface area contributed by atoms with Gasteiger partial charge in [0.1, 0.15) is 6.61 Å². The molecular weight excluding hydrogens is 424 g/mol. The van der Waals surface area contributed by atoms with Crippen LogP contribution < -0.4 is 19.7 Å². The SMILES string of the molecule is COCCOC(=O)C1=C(C)N(c2ccc3c(c2)OCO3)C(=O)N[C@H]1c1ccc(Cl)cc1. The van der Waals surface area contributed by atoms with Gasteiger partial charge in [0.25, 0.3) is 0 Å². The van der Waals surface area contributed by atoms with E-state index in [-0.39, 0.29) is 26.0 Å². The van der Waals surface area contributed by atoms with Crippen LogP contribution in [0.1, 0.15) is 18.5 Å². The van der Waals surface area contributed by atoms with E-state index in [1.807, 2.05) is 0 Å². The van der Waals surface area contributed by atoms with Crippen LogP contribution in [0.5, 0.6) is 11.5 Å². The molecular formula is C22H21ClN2O6. The number of benzene rings is 2. The number of allylic oxidation sites excluding steroid dienone is 1. The van der Waals surface area contributed by atoms with Gasteiger partial charge in [0.2, 0.25) is 6.79 Å². The van der Waals surface area contributed by atoms with E-state index < -0.39 is 12.0 Å². The number of methoxy groups -OCH3 is 1. The summed E-state index contributed by atoms with van der Waals surface area (Å²) in [5.74, 6) is 0.587. The number of nitrogens with one attached hydrogen (secondary N) is 1. The molecule has 0 saturated heterocycles. The molecule has 1 atom stereocenters. The van der Waals surface area contributed by atoms with Gasteiger partial charge < -0.3 is 24.3 Å². The van der Waals surface area contributed by atoms with Crippen LogP contribution in [0.15, 0.2) is 53.7 Å². The first kappa shape index (κ1) is 21.0. The quantitative estimate of drug-likeness (QED) is 0.538. The fourth-order valence-corrected chi connectivity index (χ4v) is 3.67. The Morgan fingerprint density at radius 1 is 1.16 bits per heavy atom. The molecule has 0 unspecified atom stereocenters. The van der Waals surface area contributed by atoms with Crippen molar-refractivity contribution in [2.75, 3.05) is 32.0 Å². The highest BCUT2D eigenvalue weighted by Gasteiger charge is 2.37. The average Bonchev–Trinajstić information content (AvgIpc) is 3.22. The number of urea groups is 1. The number of hydrogen-bond donors (Lipinski definition) is 1. The summed E-state index contributed by atoms with van der Waals surface area (Å²) in [6.45, 7) is 2.19. The Balaban J connectivity index is 1.75. The number of amides is 2. The molecule has 0 aliphatic carbocycles. The summed E-state index contributed by atoms with van der Waals surface area (Å²) in [6.07, 6.45) is 0. The maximum absolute atomic E-state index is 13.1. The van der Waals surface area contributed by atoms with E-state index in [2.05, 4.69) is 5.32 Å². The predicted molar refractivity (Wildman–Crippen MR) is 113 cm³/mol. The first-order valence-electron chi connectivity index (χ1n) is 9.62. The molecule has 0 spiro atoms. The summed E-state index contributed by atoms with van der Waals surface area (Å²) < 4.78 is 21.1. The van der Waals surface area contributed by atoms with Gasteiger partial charge in [-0.15, -0.1) is 0 Å². The van der Waals surface area contributed by atoms with E-state index >= 15 is 0 Å². The van der Waals surface area contributed by atoms with Crippen LogP contribution in [-0.2, 0) is 14.3 Å². The summed E-state index contributed by atoms with van der Waals surface area (Å²) in [4.78, 5) is 27.5. The molecule has 9 heteroatoms. The standard InChI is InChI=1S/C22H21ClN2O6/c1-13-19(21(26)29-10-9-28-2)20(14-3-5-15(23)6-4-14)24-22(27)25(13)16-7-8-17-18(11-16)31-12-30-17/h3-8,11,20H,9-10,12H2,1-2H3,(H,24,27)/t20-/m0/s1. The zero-order valence-electron chi connectivity index (χ0n) is 17.0. The maximum Gasteiger partial charge on any atom is 0.338 e. The second-order valence-electron chi connectivity index (χ2n) is 6.93. The molecule has 0 saturated carbocycles. The summed E-state index contributed by atoms with van der Waals surface area (Å²) in [5, 5.41) is 3.46. The molecule has 4 rings (SSSR count). The monoisotopic (exact) mass is 444 g/mol. The normalized spacial score (nSPS) is 17.6. The third-order valence-corrected chi connectivity index (χ3v) is 5.29. The lowest BCUT2D eigenvalue weighted by Gasteiger charge is -2.35. The molecule has 2 aliphatic rings. The Hall–Kier alpha value is -3.23. The maximum atomic E-state index is 13.1. The van der Waals surface area contributed by atoms with Crippen molar-refractivity contribution in [2.24, 2.45) is 0 Å². The summed E-state index contributed by atoms with van der Waals surface area (Å²) in [6, 6.07) is 11.0. The number of halogens is 1. The molecule has 0 bridgehead atoms. The molecule has 0 aromatic heterocycles. The zero-order valence-corrected chi connectivity index (χ0v) is 17.8. The van der Waals surface area contributed by atoms with Crippen LogP contribution in [-0.4, -0.2) is 39.1 Å². The summed E-state index contributed by atoms with van der Waals surface area (Å²) in [5.41, 5.74) is 2.01. The highest BCUT2D eigenvalue weighted by Crippen LogP contribution is 2.39. The minimum atomic E-state index is -0.690. The van der Waals surface area contributed by atoms with Gasteiger partial charge in [-0.3, -0.25) is 4.90 Å². The number of anilines is 1. The van der Waals surface area contributed by atoms with Gasteiger partial charge in [-0.2, -0.15) is 0 Å². The minimum Gasteiger partial charge on any atom is -0.460 e. The van der Waals surface area contributed by atoms with Crippen molar-refractivity contribution in [1.82, 2.24) is 5.32 Å². The molecule has 0 radical (unpaired) electrons. The van der Waals surface area contributed by atoms with Crippen LogP contribution in [0.4, 0.5) is 10.5 Å². The molecule has 2 aromatic rings. The van der Waals surface area contributed by atoms with Crippen molar-refractivity contribution < 1.29 is 28.5 Å². The first-order valence-corrected chi connectivity index (χ1v) is 10.00. The van der Waals surface area contributed by atoms with Crippen molar-refractivity contribution in [3.63, 3.8) is 0 Å². The largest absolute Gasteiger partial charge is 0.460 e. The Morgan fingerprint density at radius 2 is 1.90 bits per heavy atom. The van der Waals surface area contributed by atoms with Gasteiger partial charge in [-0.05, 0) is 36.8 Å². The van der Waals surface area contributed by atoms with E-state index in [0.717, 1.165) is 0 Å². The number of hydrogen-bond acceptors (Lipinski definition) is 6. The molecule has 1 N–H and O–H groups in total. The van der Waals surface area contributed by atoms with Gasteiger partial charge in [-0.25, -0.2) is 9.59 Å². The Kier molecular flexibility index (Phi) is 6.01.